The van der Waals surface area contributed by atoms with Crippen molar-refractivity contribution in [1.29, 1.82) is 0 Å². The third-order valence-corrected chi connectivity index (χ3v) is 4.83. The Morgan fingerprint density at radius 2 is 2.26 bits per heavy atom. The first-order valence-corrected chi connectivity index (χ1v) is 8.45. The van der Waals surface area contributed by atoms with Gasteiger partial charge in [-0.1, -0.05) is 12.1 Å². The summed E-state index contributed by atoms with van der Waals surface area (Å²) in [7, 11) is 5.77. The number of nitrogens with zero attached hydrogens (tertiary/aromatic N) is 2. The molecule has 0 amide bonds. The normalized spacial score (nSPS) is 11.5. The van der Waals surface area contributed by atoms with Crippen LogP contribution >= 0.6 is 11.3 Å². The van der Waals surface area contributed by atoms with Crippen molar-refractivity contribution >= 4 is 27.9 Å². The van der Waals surface area contributed by atoms with Gasteiger partial charge in [0.2, 0.25) is 0 Å². The van der Waals surface area contributed by atoms with Crippen LogP contribution < -0.4 is 5.32 Å². The summed E-state index contributed by atoms with van der Waals surface area (Å²) in [6, 6.07) is 8.40. The first-order chi connectivity index (χ1) is 11.2. The highest BCUT2D eigenvalue weighted by molar-refractivity contribution is 7.15. The summed E-state index contributed by atoms with van der Waals surface area (Å²) in [5, 5.41) is 5.44. The van der Waals surface area contributed by atoms with Crippen LogP contribution in [0.2, 0.25) is 0 Å². The SMILES string of the molecule is CNc1cccc2cc(-c3ncc(CN(C)CCOC)s3)[nH]c12. The van der Waals surface area contributed by atoms with Gasteiger partial charge in [0.1, 0.15) is 5.01 Å². The Balaban J connectivity index is 1.80. The molecule has 0 aliphatic carbocycles. The lowest BCUT2D eigenvalue weighted by atomic mass is 10.2. The molecule has 23 heavy (non-hydrogen) atoms. The van der Waals surface area contributed by atoms with Crippen molar-refractivity contribution in [3.63, 3.8) is 0 Å². The molecular weight excluding hydrogens is 308 g/mol. The molecule has 0 fully saturated rings. The van der Waals surface area contributed by atoms with Crippen molar-refractivity contribution in [1.82, 2.24) is 14.9 Å². The Morgan fingerprint density at radius 1 is 1.39 bits per heavy atom. The Morgan fingerprint density at radius 3 is 3.04 bits per heavy atom. The van der Waals surface area contributed by atoms with E-state index in [0.717, 1.165) is 41.6 Å². The predicted octanol–water partition coefficient (Wildman–Crippen LogP) is 3.41. The summed E-state index contributed by atoms with van der Waals surface area (Å²) in [6.07, 6.45) is 1.97. The Hall–Kier alpha value is -1.89. The van der Waals surface area contributed by atoms with Crippen LogP contribution in [0.15, 0.2) is 30.5 Å². The summed E-state index contributed by atoms with van der Waals surface area (Å²) in [5.74, 6) is 0. The van der Waals surface area contributed by atoms with Crippen LogP contribution in [-0.2, 0) is 11.3 Å². The second-order valence-corrected chi connectivity index (χ2v) is 6.68. The van der Waals surface area contributed by atoms with Gasteiger partial charge in [-0.3, -0.25) is 4.90 Å². The molecule has 0 aliphatic rings. The van der Waals surface area contributed by atoms with Gasteiger partial charge < -0.3 is 15.0 Å². The number of anilines is 1. The van der Waals surface area contributed by atoms with Gasteiger partial charge in [-0.2, -0.15) is 0 Å². The first kappa shape index (κ1) is 16.0. The standard InChI is InChI=1S/C17H22N4OS/c1-18-14-6-4-5-12-9-15(20-16(12)14)17-19-10-13(23-17)11-21(2)7-8-22-3/h4-6,9-10,18,20H,7-8,11H2,1-3H3. The van der Waals surface area contributed by atoms with Gasteiger partial charge in [-0.25, -0.2) is 4.98 Å². The van der Waals surface area contributed by atoms with Crippen molar-refractivity contribution in [2.24, 2.45) is 0 Å². The number of rotatable bonds is 7. The molecule has 2 aromatic heterocycles. The van der Waals surface area contributed by atoms with E-state index < -0.39 is 0 Å². The molecule has 2 heterocycles. The maximum absolute atomic E-state index is 5.12. The fraction of sp³-hybridized carbons (Fsp3) is 0.353. The largest absolute Gasteiger partial charge is 0.386 e. The molecular formula is C17H22N4OS. The van der Waals surface area contributed by atoms with Gasteiger partial charge in [0.15, 0.2) is 0 Å². The highest BCUT2D eigenvalue weighted by atomic mass is 32.1. The zero-order valence-corrected chi connectivity index (χ0v) is 14.5. The van der Waals surface area contributed by atoms with E-state index in [4.69, 9.17) is 4.74 Å². The number of fused-ring (bicyclic) bond motifs is 1. The molecule has 0 spiro atoms. The molecule has 0 radical (unpaired) electrons. The smallest absolute Gasteiger partial charge is 0.139 e. The summed E-state index contributed by atoms with van der Waals surface area (Å²) >= 11 is 1.73. The average molecular weight is 330 g/mol. The molecule has 3 rings (SSSR count). The number of H-pyrrole nitrogens is 1. The summed E-state index contributed by atoms with van der Waals surface area (Å²) in [6.45, 7) is 2.56. The molecule has 0 atom stereocenters. The highest BCUT2D eigenvalue weighted by Gasteiger charge is 2.11. The van der Waals surface area contributed by atoms with Crippen molar-refractivity contribution in [2.45, 2.75) is 6.54 Å². The fourth-order valence-electron chi connectivity index (χ4n) is 2.58. The van der Waals surface area contributed by atoms with E-state index in [1.807, 2.05) is 13.2 Å². The molecule has 5 nitrogen and oxygen atoms in total. The maximum Gasteiger partial charge on any atom is 0.139 e. The van der Waals surface area contributed by atoms with Crippen molar-refractivity contribution in [2.75, 3.05) is 39.7 Å². The van der Waals surface area contributed by atoms with E-state index in [1.54, 1.807) is 18.4 Å². The molecule has 0 unspecified atom stereocenters. The lowest BCUT2D eigenvalue weighted by Crippen LogP contribution is -2.21. The van der Waals surface area contributed by atoms with Gasteiger partial charge in [-0.15, -0.1) is 11.3 Å². The molecule has 1 aromatic carbocycles. The fourth-order valence-corrected chi connectivity index (χ4v) is 3.54. The molecule has 2 N–H and O–H groups in total. The molecule has 0 aliphatic heterocycles. The van der Waals surface area contributed by atoms with Gasteiger partial charge in [0.25, 0.3) is 0 Å². The van der Waals surface area contributed by atoms with Crippen molar-refractivity contribution < 1.29 is 4.74 Å². The lowest BCUT2D eigenvalue weighted by molar-refractivity contribution is 0.159. The number of nitrogens with one attached hydrogen (secondary N) is 2. The van der Waals surface area contributed by atoms with Crippen LogP contribution in [0.5, 0.6) is 0 Å². The van der Waals surface area contributed by atoms with E-state index >= 15 is 0 Å². The number of hydrogen-bond acceptors (Lipinski definition) is 5. The van der Waals surface area contributed by atoms with Crippen molar-refractivity contribution in [3.8, 4) is 10.7 Å². The molecule has 6 heteroatoms. The molecule has 0 saturated carbocycles. The van der Waals surface area contributed by atoms with Gasteiger partial charge in [0.05, 0.1) is 23.5 Å². The lowest BCUT2D eigenvalue weighted by Gasteiger charge is -2.13. The second kappa shape index (κ2) is 7.12. The van der Waals surface area contributed by atoms with Crippen LogP contribution in [0, 0.1) is 0 Å². The number of methoxy groups -OCH3 is 1. The summed E-state index contributed by atoms with van der Waals surface area (Å²) in [5.41, 5.74) is 3.29. The Labute approximate surface area is 140 Å². The summed E-state index contributed by atoms with van der Waals surface area (Å²) in [4.78, 5) is 11.6. The first-order valence-electron chi connectivity index (χ1n) is 7.63. The number of para-hydroxylation sites is 1. The minimum absolute atomic E-state index is 0.747. The third kappa shape index (κ3) is 3.55. The molecule has 0 saturated heterocycles. The van der Waals surface area contributed by atoms with Crippen LogP contribution in [0.4, 0.5) is 5.69 Å². The van der Waals surface area contributed by atoms with Crippen LogP contribution in [0.1, 0.15) is 4.88 Å². The van der Waals surface area contributed by atoms with Crippen LogP contribution in [-0.4, -0.2) is 49.2 Å². The quantitative estimate of drug-likeness (QED) is 0.697. The van der Waals surface area contributed by atoms with E-state index in [2.05, 4.69) is 51.5 Å². The van der Waals surface area contributed by atoms with Crippen LogP contribution in [0.3, 0.4) is 0 Å². The number of hydrogen-bond donors (Lipinski definition) is 2. The van der Waals surface area contributed by atoms with E-state index in [-0.39, 0.29) is 0 Å². The average Bonchev–Trinajstić information content (AvgIpc) is 3.18. The summed E-state index contributed by atoms with van der Waals surface area (Å²) < 4.78 is 5.12. The zero-order chi connectivity index (χ0) is 16.2. The zero-order valence-electron chi connectivity index (χ0n) is 13.7. The molecule has 122 valence electrons. The third-order valence-electron chi connectivity index (χ3n) is 3.81. The minimum Gasteiger partial charge on any atom is -0.386 e. The Bertz CT molecular complexity index is 780. The highest BCUT2D eigenvalue weighted by Crippen LogP contribution is 2.31. The molecule has 0 bridgehead atoms. The Kier molecular flexibility index (Phi) is 4.95. The number of aromatic nitrogens is 2. The van der Waals surface area contributed by atoms with E-state index in [9.17, 15) is 0 Å². The van der Waals surface area contributed by atoms with E-state index in [0.29, 0.717) is 0 Å². The van der Waals surface area contributed by atoms with E-state index in [1.165, 1.54) is 10.3 Å². The van der Waals surface area contributed by atoms with Crippen LogP contribution in [0.25, 0.3) is 21.6 Å². The van der Waals surface area contributed by atoms with Gasteiger partial charge in [-0.05, 0) is 19.2 Å². The number of ether oxygens (including phenoxy) is 1. The number of thiazole rings is 1. The number of likely N-dealkylation sites (N-methyl/N-ethyl adjacent to an activating group) is 1. The molecule has 3 aromatic rings. The predicted molar refractivity (Wildman–Crippen MR) is 97.2 cm³/mol. The number of benzene rings is 1. The van der Waals surface area contributed by atoms with Crippen molar-refractivity contribution in [3.05, 3.63) is 35.3 Å². The number of aromatic amines is 1. The topological polar surface area (TPSA) is 53.2 Å². The van der Waals surface area contributed by atoms with Gasteiger partial charge >= 0.3 is 0 Å². The van der Waals surface area contributed by atoms with Gasteiger partial charge in [0, 0.05) is 43.7 Å². The maximum atomic E-state index is 5.12. The second-order valence-electron chi connectivity index (χ2n) is 5.57. The minimum atomic E-state index is 0.747. The monoisotopic (exact) mass is 330 g/mol.